The molecule has 0 aromatic heterocycles. The van der Waals surface area contributed by atoms with Gasteiger partial charge < -0.3 is 19.1 Å². The molecule has 8 nitrogen and oxygen atoms in total. The summed E-state index contributed by atoms with van der Waals surface area (Å²) in [4.78, 5) is 38.5. The van der Waals surface area contributed by atoms with Crippen molar-refractivity contribution in [1.29, 1.82) is 0 Å². The minimum atomic E-state index is -5.42. The van der Waals surface area contributed by atoms with Crippen molar-refractivity contribution in [3.05, 3.63) is 58.9 Å². The molecule has 0 saturated carbocycles. The van der Waals surface area contributed by atoms with Crippen molar-refractivity contribution in [3.8, 4) is 5.75 Å². The maximum absolute atomic E-state index is 16.1. The molecule has 0 saturated heterocycles. The lowest BCUT2D eigenvalue weighted by Gasteiger charge is -2.37. The van der Waals surface area contributed by atoms with Crippen molar-refractivity contribution in [2.75, 3.05) is 18.6 Å². The third-order valence-electron chi connectivity index (χ3n) is 5.91. The molecule has 0 bridgehead atoms. The summed E-state index contributed by atoms with van der Waals surface area (Å²) in [5.74, 6) is -5.22. The normalized spacial score (nSPS) is 15.3. The molecule has 1 atom stereocenters. The fourth-order valence-corrected chi connectivity index (χ4v) is 4.07. The van der Waals surface area contributed by atoms with Gasteiger partial charge in [-0.15, -0.1) is 0 Å². The van der Waals surface area contributed by atoms with Crippen LogP contribution in [0, 0.1) is 5.82 Å². The summed E-state index contributed by atoms with van der Waals surface area (Å²) in [7, 11) is 0.932. The second kappa shape index (κ2) is 11.5. The molecular weight excluding hydrogens is 524 g/mol. The van der Waals surface area contributed by atoms with Gasteiger partial charge in [-0.1, -0.05) is 30.3 Å². The standard InChI is InChI=1S/C27H30F4N2O6/c1-16-11-19-18(13-32(16)25(36)39-26(2,3)4)12-20(38-15-17-9-7-6-8-10-17)23(22(19)28)33(14-21(34)37-5)24(35)27(29,30)31/h6-10,12,16H,11,13-15H2,1-5H3/t16-/m0/s1. The highest BCUT2D eigenvalue weighted by atomic mass is 19.4. The Morgan fingerprint density at radius 1 is 1.10 bits per heavy atom. The van der Waals surface area contributed by atoms with Crippen molar-refractivity contribution in [2.45, 2.75) is 65.1 Å². The van der Waals surface area contributed by atoms with Crippen molar-refractivity contribution in [2.24, 2.45) is 0 Å². The lowest BCUT2D eigenvalue weighted by Crippen LogP contribution is -2.46. The Hall–Kier alpha value is -3.83. The van der Waals surface area contributed by atoms with Gasteiger partial charge in [0.15, 0.2) is 5.82 Å². The van der Waals surface area contributed by atoms with E-state index in [1.54, 1.807) is 58.0 Å². The smallest absolute Gasteiger partial charge is 0.471 e. The minimum absolute atomic E-state index is 0.00536. The third-order valence-corrected chi connectivity index (χ3v) is 5.91. The van der Waals surface area contributed by atoms with Crippen molar-refractivity contribution < 1.29 is 46.2 Å². The lowest BCUT2D eigenvalue weighted by atomic mass is 9.93. The van der Waals surface area contributed by atoms with Crippen molar-refractivity contribution in [3.63, 3.8) is 0 Å². The number of esters is 1. The number of anilines is 1. The molecule has 0 fully saturated rings. The van der Waals surface area contributed by atoms with E-state index in [0.717, 1.165) is 7.11 Å². The minimum Gasteiger partial charge on any atom is -0.487 e. The molecule has 1 aliphatic rings. The van der Waals surface area contributed by atoms with Crippen LogP contribution in [0.2, 0.25) is 0 Å². The van der Waals surface area contributed by atoms with E-state index >= 15 is 4.39 Å². The highest BCUT2D eigenvalue weighted by Gasteiger charge is 2.46. The summed E-state index contributed by atoms with van der Waals surface area (Å²) >= 11 is 0. The van der Waals surface area contributed by atoms with Gasteiger partial charge in [0, 0.05) is 12.6 Å². The molecule has 2 aromatic carbocycles. The first kappa shape index (κ1) is 29.7. The summed E-state index contributed by atoms with van der Waals surface area (Å²) in [6.07, 6.45) is -6.15. The second-order valence-electron chi connectivity index (χ2n) is 10.1. The number of methoxy groups -OCH3 is 1. The zero-order valence-corrected chi connectivity index (χ0v) is 22.2. The summed E-state index contributed by atoms with van der Waals surface area (Å²) < 4.78 is 72.5. The molecule has 1 heterocycles. The Bertz CT molecular complexity index is 1230. The van der Waals surface area contributed by atoms with E-state index in [4.69, 9.17) is 9.47 Å². The van der Waals surface area contributed by atoms with Crippen LogP contribution in [0.1, 0.15) is 44.4 Å². The van der Waals surface area contributed by atoms with Crippen LogP contribution in [0.4, 0.5) is 28.0 Å². The molecule has 1 aliphatic heterocycles. The molecule has 0 N–H and O–H groups in total. The maximum atomic E-state index is 16.1. The van der Waals surface area contributed by atoms with E-state index in [0.29, 0.717) is 5.56 Å². The number of rotatable bonds is 6. The monoisotopic (exact) mass is 554 g/mol. The molecule has 0 spiro atoms. The summed E-state index contributed by atoms with van der Waals surface area (Å²) in [5.41, 5.74) is -0.750. The van der Waals surface area contributed by atoms with Crippen LogP contribution in [0.5, 0.6) is 5.75 Å². The number of fused-ring (bicyclic) bond motifs is 1. The average Bonchev–Trinajstić information content (AvgIpc) is 2.85. The topological polar surface area (TPSA) is 85.4 Å². The fourth-order valence-electron chi connectivity index (χ4n) is 4.07. The number of nitrogens with zero attached hydrogens (tertiary/aromatic N) is 2. The number of carbonyl (C=O) groups is 3. The van der Waals surface area contributed by atoms with Crippen molar-refractivity contribution >= 4 is 23.7 Å². The second-order valence-corrected chi connectivity index (χ2v) is 10.1. The number of amides is 2. The molecule has 2 aromatic rings. The van der Waals surface area contributed by atoms with Gasteiger partial charge in [-0.05, 0) is 56.9 Å². The molecule has 3 rings (SSSR count). The Morgan fingerprint density at radius 3 is 2.31 bits per heavy atom. The van der Waals surface area contributed by atoms with Gasteiger partial charge in [0.1, 0.15) is 30.2 Å². The SMILES string of the molecule is COC(=O)CN(C(=O)C(F)(F)F)c1c(OCc2ccccc2)cc2c(c1F)C[C@H](C)N(C(=O)OC(C)(C)C)C2. The van der Waals surface area contributed by atoms with Gasteiger partial charge in [-0.25, -0.2) is 9.18 Å². The lowest BCUT2D eigenvalue weighted by molar-refractivity contribution is -0.171. The van der Waals surface area contributed by atoms with Crippen molar-refractivity contribution in [1.82, 2.24) is 4.90 Å². The molecule has 0 unspecified atom stereocenters. The molecule has 39 heavy (non-hydrogen) atoms. The Morgan fingerprint density at radius 2 is 1.74 bits per heavy atom. The quantitative estimate of drug-likeness (QED) is 0.363. The van der Waals surface area contributed by atoms with Crippen LogP contribution in [-0.2, 0) is 38.6 Å². The predicted molar refractivity (Wildman–Crippen MR) is 133 cm³/mol. The molecule has 12 heteroatoms. The molecule has 2 amide bonds. The van der Waals surface area contributed by atoms with Gasteiger partial charge in [0.25, 0.3) is 0 Å². The van der Waals surface area contributed by atoms with E-state index in [-0.39, 0.29) is 35.6 Å². The maximum Gasteiger partial charge on any atom is 0.471 e. The first-order valence-electron chi connectivity index (χ1n) is 12.1. The van der Waals surface area contributed by atoms with E-state index in [1.807, 2.05) is 0 Å². The number of hydrogen-bond donors (Lipinski definition) is 0. The van der Waals surface area contributed by atoms with Crippen LogP contribution in [0.15, 0.2) is 36.4 Å². The number of benzene rings is 2. The van der Waals surface area contributed by atoms with Crippen LogP contribution >= 0.6 is 0 Å². The van der Waals surface area contributed by atoms with Crippen LogP contribution in [-0.4, -0.2) is 54.3 Å². The van der Waals surface area contributed by atoms with Gasteiger partial charge in [-0.2, -0.15) is 13.2 Å². The van der Waals surface area contributed by atoms with E-state index in [1.165, 1.54) is 11.0 Å². The van der Waals surface area contributed by atoms with E-state index < -0.39 is 59.6 Å². The highest BCUT2D eigenvalue weighted by Crippen LogP contribution is 2.41. The summed E-state index contributed by atoms with van der Waals surface area (Å²) in [6.45, 7) is 5.23. The zero-order chi connectivity index (χ0) is 29.1. The summed E-state index contributed by atoms with van der Waals surface area (Å²) in [6, 6.07) is 9.25. The Balaban J connectivity index is 2.14. The number of hydrogen-bond acceptors (Lipinski definition) is 6. The first-order chi connectivity index (χ1) is 18.1. The molecular formula is C27H30F4N2O6. The fraction of sp³-hybridized carbons (Fsp3) is 0.444. The van der Waals surface area contributed by atoms with Crippen LogP contribution in [0.25, 0.3) is 0 Å². The average molecular weight is 555 g/mol. The van der Waals surface area contributed by atoms with E-state index in [2.05, 4.69) is 4.74 Å². The molecule has 212 valence electrons. The highest BCUT2D eigenvalue weighted by molar-refractivity contribution is 6.02. The number of carbonyl (C=O) groups excluding carboxylic acids is 3. The predicted octanol–water partition coefficient (Wildman–Crippen LogP) is 5.15. The zero-order valence-electron chi connectivity index (χ0n) is 22.2. The Kier molecular flexibility index (Phi) is 8.77. The number of alkyl halides is 3. The first-order valence-corrected chi connectivity index (χ1v) is 12.1. The largest absolute Gasteiger partial charge is 0.487 e. The van der Waals surface area contributed by atoms with Gasteiger partial charge in [0.05, 0.1) is 7.11 Å². The van der Waals surface area contributed by atoms with Gasteiger partial charge in [0.2, 0.25) is 0 Å². The molecule has 0 aliphatic carbocycles. The van der Waals surface area contributed by atoms with Crippen LogP contribution < -0.4 is 9.64 Å². The van der Waals surface area contributed by atoms with Gasteiger partial charge in [-0.3, -0.25) is 14.5 Å². The number of ether oxygens (including phenoxy) is 3. The molecule has 0 radical (unpaired) electrons. The Labute approximate surface area is 223 Å². The third kappa shape index (κ3) is 7.18. The van der Waals surface area contributed by atoms with E-state index in [9.17, 15) is 27.6 Å². The number of halogens is 4. The summed E-state index contributed by atoms with van der Waals surface area (Å²) in [5, 5.41) is 0. The van der Waals surface area contributed by atoms with Crippen LogP contribution in [0.3, 0.4) is 0 Å². The van der Waals surface area contributed by atoms with Gasteiger partial charge >= 0.3 is 24.1 Å².